The Balaban J connectivity index is 1.34. The zero-order valence-corrected chi connectivity index (χ0v) is 17.4. The van der Waals surface area contributed by atoms with Crippen molar-refractivity contribution >= 4 is 11.8 Å². The molecule has 0 spiro atoms. The van der Waals surface area contributed by atoms with Gasteiger partial charge in [0.2, 0.25) is 0 Å². The molecule has 1 aromatic carbocycles. The Kier molecular flexibility index (Phi) is 6.60. The van der Waals surface area contributed by atoms with Gasteiger partial charge in [-0.25, -0.2) is 9.37 Å². The Morgan fingerprint density at radius 2 is 2.06 bits per heavy atom. The molecule has 0 aliphatic carbocycles. The Bertz CT molecular complexity index is 1050. The number of carbonyl (C=O) groups is 1. The van der Waals surface area contributed by atoms with Crippen LogP contribution in [0.3, 0.4) is 0 Å². The van der Waals surface area contributed by atoms with Crippen LogP contribution in [0.2, 0.25) is 0 Å². The summed E-state index contributed by atoms with van der Waals surface area (Å²) in [7, 11) is 0. The third-order valence-corrected chi connectivity index (χ3v) is 5.66. The summed E-state index contributed by atoms with van der Waals surface area (Å²) in [5.74, 6) is -0.586. The second-order valence-electron chi connectivity index (χ2n) is 8.07. The SMILES string of the molecule is O=C(O)CC(Cn1ccc(CCCc2ccc3c(n2)NCCC3)n1)c1cccc(F)c1. The van der Waals surface area contributed by atoms with Crippen LogP contribution >= 0.6 is 0 Å². The predicted molar refractivity (Wildman–Crippen MR) is 117 cm³/mol. The van der Waals surface area contributed by atoms with Crippen LogP contribution in [0.1, 0.15) is 47.7 Å². The number of carboxylic acid groups (broad SMARTS) is 1. The predicted octanol–water partition coefficient (Wildman–Crippen LogP) is 4.21. The van der Waals surface area contributed by atoms with Crippen LogP contribution in [0, 0.1) is 5.82 Å². The van der Waals surface area contributed by atoms with Crippen LogP contribution in [0.5, 0.6) is 0 Å². The summed E-state index contributed by atoms with van der Waals surface area (Å²) in [4.78, 5) is 16.0. The highest BCUT2D eigenvalue weighted by atomic mass is 19.1. The number of rotatable bonds is 9. The molecule has 0 saturated heterocycles. The van der Waals surface area contributed by atoms with Crippen molar-refractivity contribution in [2.75, 3.05) is 11.9 Å². The Hall–Kier alpha value is -3.22. The maximum atomic E-state index is 13.6. The number of hydrogen-bond acceptors (Lipinski definition) is 4. The number of halogens is 1. The van der Waals surface area contributed by atoms with Gasteiger partial charge in [-0.3, -0.25) is 9.48 Å². The standard InChI is InChI=1S/C24H27FN4O2/c25-20-6-1-4-18(14-20)19(15-23(30)31)16-29-13-11-22(28-29)8-2-7-21-10-9-17-5-3-12-26-24(17)27-21/h1,4,6,9-11,13-14,19H,2-3,5,7-8,12,15-16H2,(H,26,27)(H,30,31). The van der Waals surface area contributed by atoms with Gasteiger partial charge in [-0.1, -0.05) is 18.2 Å². The minimum Gasteiger partial charge on any atom is -0.481 e. The summed E-state index contributed by atoms with van der Waals surface area (Å²) in [6.45, 7) is 1.38. The van der Waals surface area contributed by atoms with Crippen LogP contribution in [0.15, 0.2) is 48.7 Å². The molecule has 1 aliphatic rings. The molecule has 31 heavy (non-hydrogen) atoms. The lowest BCUT2D eigenvalue weighted by Crippen LogP contribution is -2.14. The van der Waals surface area contributed by atoms with E-state index < -0.39 is 5.97 Å². The molecule has 2 N–H and O–H groups in total. The molecule has 7 heteroatoms. The van der Waals surface area contributed by atoms with Gasteiger partial charge < -0.3 is 10.4 Å². The van der Waals surface area contributed by atoms with E-state index in [1.807, 2.05) is 12.3 Å². The Morgan fingerprint density at radius 3 is 2.90 bits per heavy atom. The van der Waals surface area contributed by atoms with Crippen molar-refractivity contribution in [3.8, 4) is 0 Å². The van der Waals surface area contributed by atoms with E-state index in [4.69, 9.17) is 4.98 Å². The molecule has 2 aromatic heterocycles. The maximum absolute atomic E-state index is 13.6. The van der Waals surface area contributed by atoms with Crippen molar-refractivity contribution in [1.29, 1.82) is 0 Å². The summed E-state index contributed by atoms with van der Waals surface area (Å²) in [6.07, 6.45) is 6.68. The van der Waals surface area contributed by atoms with E-state index >= 15 is 0 Å². The monoisotopic (exact) mass is 422 g/mol. The van der Waals surface area contributed by atoms with Gasteiger partial charge in [-0.2, -0.15) is 5.10 Å². The molecule has 0 bridgehead atoms. The van der Waals surface area contributed by atoms with Crippen molar-refractivity contribution in [3.05, 3.63) is 77.0 Å². The molecule has 1 unspecified atom stereocenters. The first-order valence-corrected chi connectivity index (χ1v) is 10.8. The van der Waals surface area contributed by atoms with Gasteiger partial charge in [0.25, 0.3) is 0 Å². The van der Waals surface area contributed by atoms with Crippen LogP contribution in [0.4, 0.5) is 10.2 Å². The fourth-order valence-electron chi connectivity index (χ4n) is 4.08. The zero-order valence-electron chi connectivity index (χ0n) is 17.4. The maximum Gasteiger partial charge on any atom is 0.304 e. The van der Waals surface area contributed by atoms with Crippen LogP contribution in [-0.4, -0.2) is 32.4 Å². The zero-order chi connectivity index (χ0) is 21.6. The van der Waals surface area contributed by atoms with Crippen molar-refractivity contribution in [2.24, 2.45) is 0 Å². The topological polar surface area (TPSA) is 80.0 Å². The third kappa shape index (κ3) is 5.69. The number of aromatic nitrogens is 3. The number of nitrogens with one attached hydrogen (secondary N) is 1. The number of pyridine rings is 1. The Labute approximate surface area is 181 Å². The van der Waals surface area contributed by atoms with Crippen molar-refractivity contribution in [3.63, 3.8) is 0 Å². The number of nitrogens with zero attached hydrogens (tertiary/aromatic N) is 3. The van der Waals surface area contributed by atoms with E-state index in [0.29, 0.717) is 12.1 Å². The number of hydrogen-bond donors (Lipinski definition) is 2. The molecular weight excluding hydrogens is 395 g/mol. The summed E-state index contributed by atoms with van der Waals surface area (Å²) < 4.78 is 15.4. The summed E-state index contributed by atoms with van der Waals surface area (Å²) in [6, 6.07) is 12.4. The molecule has 4 rings (SSSR count). The number of aliphatic carboxylic acids is 1. The second-order valence-corrected chi connectivity index (χ2v) is 8.07. The molecular formula is C24H27FN4O2. The van der Waals surface area contributed by atoms with Gasteiger partial charge in [-0.15, -0.1) is 0 Å². The molecule has 162 valence electrons. The fraction of sp³-hybridized carbons (Fsp3) is 0.375. The van der Waals surface area contributed by atoms with Crippen molar-refractivity contribution in [2.45, 2.75) is 51.0 Å². The fourth-order valence-corrected chi connectivity index (χ4v) is 4.08. The summed E-state index contributed by atoms with van der Waals surface area (Å²) >= 11 is 0. The first-order chi connectivity index (χ1) is 15.1. The number of carboxylic acids is 1. The van der Waals surface area contributed by atoms with Gasteiger partial charge >= 0.3 is 5.97 Å². The van der Waals surface area contributed by atoms with Gasteiger partial charge in [-0.05, 0) is 67.5 Å². The lowest BCUT2D eigenvalue weighted by Gasteiger charge is -2.17. The van der Waals surface area contributed by atoms with E-state index in [0.717, 1.165) is 55.9 Å². The number of aryl methyl sites for hydroxylation is 3. The van der Waals surface area contributed by atoms with Crippen LogP contribution in [-0.2, 0) is 30.6 Å². The highest BCUT2D eigenvalue weighted by molar-refractivity contribution is 5.68. The van der Waals surface area contributed by atoms with Gasteiger partial charge in [0.05, 0.1) is 12.1 Å². The number of anilines is 1. The quantitative estimate of drug-likeness (QED) is 0.540. The smallest absolute Gasteiger partial charge is 0.304 e. The van der Waals surface area contributed by atoms with E-state index in [2.05, 4.69) is 22.5 Å². The van der Waals surface area contributed by atoms with Gasteiger partial charge in [0, 0.05) is 30.9 Å². The van der Waals surface area contributed by atoms with Gasteiger partial charge in [0.1, 0.15) is 11.6 Å². The molecule has 1 atom stereocenters. The molecule has 1 aliphatic heterocycles. The lowest BCUT2D eigenvalue weighted by atomic mass is 9.95. The number of benzene rings is 1. The normalized spacial score (nSPS) is 14.0. The van der Waals surface area contributed by atoms with Crippen LogP contribution in [0.25, 0.3) is 0 Å². The minimum atomic E-state index is -0.909. The first kappa shape index (κ1) is 21.0. The van der Waals surface area contributed by atoms with Crippen molar-refractivity contribution in [1.82, 2.24) is 14.8 Å². The van der Waals surface area contributed by atoms with E-state index in [1.165, 1.54) is 17.7 Å². The van der Waals surface area contributed by atoms with Crippen molar-refractivity contribution < 1.29 is 14.3 Å². The lowest BCUT2D eigenvalue weighted by molar-refractivity contribution is -0.137. The van der Waals surface area contributed by atoms with E-state index in [9.17, 15) is 14.3 Å². The molecule has 3 aromatic rings. The highest BCUT2D eigenvalue weighted by Crippen LogP contribution is 2.23. The first-order valence-electron chi connectivity index (χ1n) is 10.8. The van der Waals surface area contributed by atoms with E-state index in [1.54, 1.807) is 16.8 Å². The molecule has 6 nitrogen and oxygen atoms in total. The largest absolute Gasteiger partial charge is 0.481 e. The second kappa shape index (κ2) is 9.73. The molecule has 0 fully saturated rings. The molecule has 3 heterocycles. The summed E-state index contributed by atoms with van der Waals surface area (Å²) in [5, 5.41) is 17.2. The highest BCUT2D eigenvalue weighted by Gasteiger charge is 2.18. The molecule has 0 saturated carbocycles. The average Bonchev–Trinajstić information content (AvgIpc) is 3.20. The van der Waals surface area contributed by atoms with E-state index in [-0.39, 0.29) is 18.2 Å². The minimum absolute atomic E-state index is 0.0727. The van der Waals surface area contributed by atoms with Gasteiger partial charge in [0.15, 0.2) is 0 Å². The Morgan fingerprint density at radius 1 is 1.19 bits per heavy atom. The average molecular weight is 423 g/mol. The number of fused-ring (bicyclic) bond motifs is 1. The molecule has 0 radical (unpaired) electrons. The third-order valence-electron chi connectivity index (χ3n) is 5.66. The van der Waals surface area contributed by atoms with Crippen LogP contribution < -0.4 is 5.32 Å². The summed E-state index contributed by atoms with van der Waals surface area (Å²) in [5.41, 5.74) is 4.01. The molecule has 0 amide bonds.